The quantitative estimate of drug-likeness (QED) is 0.188. The average molecular weight is 444 g/mol. The molecule has 1 aromatic carbocycles. The predicted octanol–water partition coefficient (Wildman–Crippen LogP) is 10.0. The van der Waals surface area contributed by atoms with E-state index in [0.29, 0.717) is 0 Å². The molecule has 0 amide bonds. The summed E-state index contributed by atoms with van der Waals surface area (Å²) < 4.78 is 0. The monoisotopic (exact) mass is 443 g/mol. The molecule has 0 saturated carbocycles. The molecule has 1 heteroatoms. The zero-order chi connectivity index (χ0) is 23.5. The number of rotatable bonds is 21. The molecule has 32 heavy (non-hydrogen) atoms. The van der Waals surface area contributed by atoms with E-state index >= 15 is 0 Å². The van der Waals surface area contributed by atoms with Crippen LogP contribution in [0.1, 0.15) is 160 Å². The third-order valence-corrected chi connectivity index (χ3v) is 7.34. The first kappa shape index (κ1) is 29.2. The summed E-state index contributed by atoms with van der Waals surface area (Å²) in [6.07, 6.45) is 25.9. The molecule has 0 spiro atoms. The zero-order valence-electron chi connectivity index (χ0n) is 22.5. The van der Waals surface area contributed by atoms with Crippen molar-refractivity contribution in [2.45, 2.75) is 162 Å². The van der Waals surface area contributed by atoms with Crippen LogP contribution in [0.15, 0.2) is 18.2 Å². The number of unbranched alkanes of at least 4 members (excludes halogenated alkanes) is 12. The summed E-state index contributed by atoms with van der Waals surface area (Å²) in [5, 5.41) is 0. The first-order valence-electron chi connectivity index (χ1n) is 14.5. The van der Waals surface area contributed by atoms with Gasteiger partial charge in [0.2, 0.25) is 0 Å². The lowest BCUT2D eigenvalue weighted by molar-refractivity contribution is 0.342. The maximum Gasteiger partial charge on any atom is 0.0412 e. The Morgan fingerprint density at radius 1 is 0.562 bits per heavy atom. The number of nitrogens with two attached hydrogens (primary N) is 1. The molecule has 0 aliphatic carbocycles. The second-order valence-corrected chi connectivity index (χ2v) is 10.3. The fourth-order valence-electron chi connectivity index (χ4n) is 5.23. The normalized spacial score (nSPS) is 11.9. The lowest BCUT2D eigenvalue weighted by atomic mass is 9.76. The molecule has 0 atom stereocenters. The van der Waals surface area contributed by atoms with Crippen molar-refractivity contribution < 1.29 is 0 Å². The third kappa shape index (κ3) is 11.4. The van der Waals surface area contributed by atoms with Crippen molar-refractivity contribution in [2.75, 3.05) is 0 Å². The molecule has 0 radical (unpaired) electrons. The van der Waals surface area contributed by atoms with Crippen molar-refractivity contribution in [3.63, 3.8) is 0 Å². The molecule has 0 aromatic heterocycles. The highest BCUT2D eigenvalue weighted by atomic mass is 14.7. The van der Waals surface area contributed by atoms with Gasteiger partial charge in [-0.05, 0) is 55.2 Å². The molecular formula is C31H57N. The second-order valence-electron chi connectivity index (χ2n) is 10.3. The molecule has 2 N–H and O–H groups in total. The van der Waals surface area contributed by atoms with E-state index in [1.165, 1.54) is 121 Å². The first-order valence-corrected chi connectivity index (χ1v) is 14.5. The van der Waals surface area contributed by atoms with Gasteiger partial charge >= 0.3 is 0 Å². The molecule has 1 nitrogen and oxygen atoms in total. The Kier molecular flexibility index (Phi) is 17.0. The molecule has 0 saturated heterocycles. The molecule has 186 valence electrons. The third-order valence-electron chi connectivity index (χ3n) is 7.34. The van der Waals surface area contributed by atoms with Crippen LogP contribution in [0.2, 0.25) is 0 Å². The van der Waals surface area contributed by atoms with Gasteiger partial charge in [-0.1, -0.05) is 136 Å². The van der Waals surface area contributed by atoms with Gasteiger partial charge in [0.15, 0.2) is 0 Å². The van der Waals surface area contributed by atoms with Gasteiger partial charge in [0.1, 0.15) is 0 Å². The number of hydrogen-bond acceptors (Lipinski definition) is 1. The fourth-order valence-corrected chi connectivity index (χ4v) is 5.23. The maximum atomic E-state index is 7.36. The predicted molar refractivity (Wildman–Crippen MR) is 146 cm³/mol. The lowest BCUT2D eigenvalue weighted by Gasteiger charge is -2.34. The van der Waals surface area contributed by atoms with Crippen molar-refractivity contribution in [2.24, 2.45) is 5.73 Å². The van der Waals surface area contributed by atoms with E-state index in [-0.39, 0.29) is 5.54 Å². The van der Waals surface area contributed by atoms with E-state index in [9.17, 15) is 0 Å². The van der Waals surface area contributed by atoms with Gasteiger partial charge in [0.25, 0.3) is 0 Å². The Labute approximate surface area is 202 Å². The van der Waals surface area contributed by atoms with Crippen LogP contribution in [0.4, 0.5) is 0 Å². The van der Waals surface area contributed by atoms with Crippen molar-refractivity contribution >= 4 is 0 Å². The number of benzene rings is 1. The van der Waals surface area contributed by atoms with Gasteiger partial charge < -0.3 is 5.73 Å². The van der Waals surface area contributed by atoms with Gasteiger partial charge in [0, 0.05) is 5.54 Å². The zero-order valence-corrected chi connectivity index (χ0v) is 22.5. The van der Waals surface area contributed by atoms with Crippen LogP contribution < -0.4 is 5.73 Å². The summed E-state index contributed by atoms with van der Waals surface area (Å²) >= 11 is 0. The summed E-state index contributed by atoms with van der Waals surface area (Å²) in [5.74, 6) is 0. The van der Waals surface area contributed by atoms with E-state index in [0.717, 1.165) is 12.8 Å². The van der Waals surface area contributed by atoms with Crippen LogP contribution >= 0.6 is 0 Å². The van der Waals surface area contributed by atoms with Crippen molar-refractivity contribution in [3.05, 3.63) is 34.9 Å². The Bertz CT molecular complexity index is 550. The molecule has 1 rings (SSSR count). The molecule has 0 aliphatic rings. The smallest absolute Gasteiger partial charge is 0.0412 e. The molecule has 0 aliphatic heterocycles. The SMILES string of the molecule is CCCCCCc1cccc(C(N)(CCCCCC)CCCCCC)c1CCCCCC. The highest BCUT2D eigenvalue weighted by molar-refractivity contribution is 5.40. The number of hydrogen-bond donors (Lipinski definition) is 1. The van der Waals surface area contributed by atoms with Crippen LogP contribution in [-0.4, -0.2) is 0 Å². The Morgan fingerprint density at radius 2 is 1.03 bits per heavy atom. The molecule has 1 aromatic rings. The van der Waals surface area contributed by atoms with E-state index in [4.69, 9.17) is 5.73 Å². The van der Waals surface area contributed by atoms with Crippen LogP contribution in [0.5, 0.6) is 0 Å². The largest absolute Gasteiger partial charge is 0.321 e. The van der Waals surface area contributed by atoms with E-state index in [1.807, 2.05) is 0 Å². The molecule has 0 bridgehead atoms. The highest BCUT2D eigenvalue weighted by Crippen LogP contribution is 2.35. The van der Waals surface area contributed by atoms with Gasteiger partial charge in [-0.15, -0.1) is 0 Å². The van der Waals surface area contributed by atoms with Gasteiger partial charge in [0.05, 0.1) is 0 Å². The minimum absolute atomic E-state index is 0.138. The van der Waals surface area contributed by atoms with E-state index in [1.54, 1.807) is 11.1 Å². The summed E-state index contributed by atoms with van der Waals surface area (Å²) in [6.45, 7) is 9.22. The Morgan fingerprint density at radius 3 is 1.53 bits per heavy atom. The van der Waals surface area contributed by atoms with Gasteiger partial charge in [-0.25, -0.2) is 0 Å². The summed E-state index contributed by atoms with van der Waals surface area (Å²) in [6, 6.07) is 7.14. The topological polar surface area (TPSA) is 26.0 Å². The Hall–Kier alpha value is -0.820. The maximum absolute atomic E-state index is 7.36. The minimum atomic E-state index is -0.138. The average Bonchev–Trinajstić information content (AvgIpc) is 2.80. The fraction of sp³-hybridized carbons (Fsp3) is 0.806. The summed E-state index contributed by atoms with van der Waals surface area (Å²) in [5.41, 5.74) is 12.0. The van der Waals surface area contributed by atoms with Crippen LogP contribution in [0.25, 0.3) is 0 Å². The van der Waals surface area contributed by atoms with Crippen molar-refractivity contribution in [1.29, 1.82) is 0 Å². The standard InChI is InChI=1S/C31H57N/c1-5-9-13-17-22-28-23-21-25-30(29(28)24-18-14-10-6-2)31(32,26-19-15-11-7-3)27-20-16-12-8-4/h21,23,25H,5-20,22,24,26-27,32H2,1-4H3. The molecule has 0 unspecified atom stereocenters. The van der Waals surface area contributed by atoms with E-state index in [2.05, 4.69) is 45.9 Å². The summed E-state index contributed by atoms with van der Waals surface area (Å²) in [4.78, 5) is 0. The first-order chi connectivity index (χ1) is 15.6. The molecule has 0 fully saturated rings. The van der Waals surface area contributed by atoms with Crippen LogP contribution in [-0.2, 0) is 18.4 Å². The van der Waals surface area contributed by atoms with Crippen molar-refractivity contribution in [1.82, 2.24) is 0 Å². The number of aryl methyl sites for hydroxylation is 1. The second kappa shape index (κ2) is 18.6. The minimum Gasteiger partial charge on any atom is -0.321 e. The van der Waals surface area contributed by atoms with Crippen molar-refractivity contribution in [3.8, 4) is 0 Å². The van der Waals surface area contributed by atoms with Crippen LogP contribution in [0.3, 0.4) is 0 Å². The van der Waals surface area contributed by atoms with E-state index < -0.39 is 0 Å². The van der Waals surface area contributed by atoms with Gasteiger partial charge in [-0.3, -0.25) is 0 Å². The highest BCUT2D eigenvalue weighted by Gasteiger charge is 2.29. The van der Waals surface area contributed by atoms with Gasteiger partial charge in [-0.2, -0.15) is 0 Å². The molecular weight excluding hydrogens is 386 g/mol. The Balaban J connectivity index is 3.11. The lowest BCUT2D eigenvalue weighted by Crippen LogP contribution is -2.38. The molecule has 0 heterocycles. The van der Waals surface area contributed by atoms with Crippen LogP contribution in [0, 0.1) is 0 Å². The summed E-state index contributed by atoms with van der Waals surface area (Å²) in [7, 11) is 0.